The number of carboxylic acid groups (broad SMARTS) is 1. The minimum Gasteiger partial charge on any atom is -0.477 e. The highest BCUT2D eigenvalue weighted by atomic mass is 32.2. The number of aliphatic carboxylic acids is 1. The van der Waals surface area contributed by atoms with E-state index in [1.807, 2.05) is 0 Å². The zero-order chi connectivity index (χ0) is 20.4. The van der Waals surface area contributed by atoms with Gasteiger partial charge in [0, 0.05) is 11.1 Å². The lowest BCUT2D eigenvalue weighted by Crippen LogP contribution is -2.71. The van der Waals surface area contributed by atoms with Crippen LogP contribution >= 0.6 is 23.1 Å². The first-order valence-corrected chi connectivity index (χ1v) is 10.1. The average Bonchev–Trinajstić information content (AvgIpc) is 3.10. The number of thiazole rings is 1. The van der Waals surface area contributed by atoms with Gasteiger partial charge in [-0.25, -0.2) is 9.78 Å². The van der Waals surface area contributed by atoms with Crippen molar-refractivity contribution in [1.29, 1.82) is 0 Å². The summed E-state index contributed by atoms with van der Waals surface area (Å²) in [6, 6.07) is -0.888. The highest BCUT2D eigenvalue weighted by molar-refractivity contribution is 8.00. The predicted octanol–water partition coefficient (Wildman–Crippen LogP) is 0.391. The number of nitrogens with two attached hydrogens (primary N) is 1. The quantitative estimate of drug-likeness (QED) is 0.324. The molecule has 1 saturated heterocycles. The highest BCUT2D eigenvalue weighted by Crippen LogP contribution is 2.40. The standard InChI is InChI=1S/C16H17N5O5S2/c1-3-7-5-27-14-10(13(23)21(14)11(7)15(24)25)19-12(22)9(20-26-4-2)8-6-28-16(17)18-8/h3,6,10,14H,1,4-5H2,2H3,(H2,17,18)(H,19,22)(H,24,25)/t10?,14-/m1/s1. The lowest BCUT2D eigenvalue weighted by atomic mass is 10.0. The van der Waals surface area contributed by atoms with Gasteiger partial charge in [-0.1, -0.05) is 17.8 Å². The monoisotopic (exact) mass is 423 g/mol. The van der Waals surface area contributed by atoms with Crippen molar-refractivity contribution in [3.63, 3.8) is 0 Å². The van der Waals surface area contributed by atoms with Gasteiger partial charge in [-0.2, -0.15) is 0 Å². The summed E-state index contributed by atoms with van der Waals surface area (Å²) < 4.78 is 0. The van der Waals surface area contributed by atoms with E-state index in [-0.39, 0.29) is 28.8 Å². The Labute approximate surface area is 168 Å². The summed E-state index contributed by atoms with van der Waals surface area (Å²) in [5.41, 5.74) is 6.09. The molecule has 2 aliphatic rings. The Hall–Kier alpha value is -2.86. The second-order valence-corrected chi connectivity index (χ2v) is 7.67. The van der Waals surface area contributed by atoms with E-state index in [1.54, 1.807) is 12.3 Å². The molecule has 2 aliphatic heterocycles. The number of thioether (sulfide) groups is 1. The van der Waals surface area contributed by atoms with Gasteiger partial charge in [0.05, 0.1) is 0 Å². The molecule has 1 aromatic heterocycles. The third-order valence-corrected chi connectivity index (χ3v) is 5.97. The number of hydrogen-bond acceptors (Lipinski definition) is 9. The van der Waals surface area contributed by atoms with E-state index < -0.39 is 29.2 Å². The van der Waals surface area contributed by atoms with Gasteiger partial charge in [0.2, 0.25) is 0 Å². The summed E-state index contributed by atoms with van der Waals surface area (Å²) >= 11 is 2.48. The van der Waals surface area contributed by atoms with E-state index in [9.17, 15) is 19.5 Å². The van der Waals surface area contributed by atoms with Crippen molar-refractivity contribution in [2.45, 2.75) is 18.3 Å². The Morgan fingerprint density at radius 2 is 2.36 bits per heavy atom. The molecule has 0 aromatic carbocycles. The van der Waals surface area contributed by atoms with Crippen molar-refractivity contribution in [3.05, 3.63) is 35.0 Å². The van der Waals surface area contributed by atoms with E-state index in [1.165, 1.54) is 22.7 Å². The molecule has 0 aliphatic carbocycles. The first kappa shape index (κ1) is 19.9. The molecule has 0 radical (unpaired) electrons. The molecule has 28 heavy (non-hydrogen) atoms. The zero-order valence-electron chi connectivity index (χ0n) is 14.7. The Morgan fingerprint density at radius 3 is 2.93 bits per heavy atom. The van der Waals surface area contributed by atoms with Crippen LogP contribution in [-0.2, 0) is 19.2 Å². The maximum atomic E-state index is 12.7. The number of carboxylic acids is 1. The Bertz CT molecular complexity index is 909. The molecule has 4 N–H and O–H groups in total. The molecule has 148 valence electrons. The largest absolute Gasteiger partial charge is 0.477 e. The van der Waals surface area contributed by atoms with E-state index in [0.717, 1.165) is 11.3 Å². The van der Waals surface area contributed by atoms with Crippen molar-refractivity contribution < 1.29 is 24.3 Å². The third-order valence-electron chi connectivity index (χ3n) is 4.00. The van der Waals surface area contributed by atoms with Crippen molar-refractivity contribution >= 4 is 51.7 Å². The van der Waals surface area contributed by atoms with Crippen LogP contribution < -0.4 is 11.1 Å². The zero-order valence-corrected chi connectivity index (χ0v) is 16.4. The number of β-lactam (4-membered cyclic amide) rings is 1. The van der Waals surface area contributed by atoms with Crippen molar-refractivity contribution in [3.8, 4) is 0 Å². The molecule has 0 saturated carbocycles. The molecule has 3 heterocycles. The topological polar surface area (TPSA) is 147 Å². The molecule has 0 bridgehead atoms. The SMILES string of the molecule is C=CC1=C(C(=O)O)N2C(=O)C(NC(=O)C(=NOCC)c3csc(N)n3)[C@H]2SC1. The van der Waals surface area contributed by atoms with E-state index in [4.69, 9.17) is 10.6 Å². The molecular weight excluding hydrogens is 406 g/mol. The Morgan fingerprint density at radius 1 is 1.61 bits per heavy atom. The summed E-state index contributed by atoms with van der Waals surface area (Å²) in [5, 5.41) is 17.1. The third kappa shape index (κ3) is 3.47. The number of carbonyl (C=O) groups excluding carboxylic acids is 2. The number of anilines is 1. The summed E-state index contributed by atoms with van der Waals surface area (Å²) in [5.74, 6) is -2.02. The van der Waals surface area contributed by atoms with Gasteiger partial charge in [0.25, 0.3) is 11.8 Å². The van der Waals surface area contributed by atoms with E-state index in [2.05, 4.69) is 22.0 Å². The summed E-state index contributed by atoms with van der Waals surface area (Å²) in [6.07, 6.45) is 1.42. The molecule has 1 unspecified atom stereocenters. The number of nitrogen functional groups attached to an aromatic ring is 1. The fourth-order valence-corrected chi connectivity index (χ4v) is 4.63. The first-order valence-electron chi connectivity index (χ1n) is 8.14. The summed E-state index contributed by atoms with van der Waals surface area (Å²) in [4.78, 5) is 47.0. The van der Waals surface area contributed by atoms with Crippen molar-refractivity contribution in [2.24, 2.45) is 5.16 Å². The Balaban J connectivity index is 1.80. The number of oxime groups is 1. The molecule has 12 heteroatoms. The van der Waals surface area contributed by atoms with Gasteiger partial charge in [-0.15, -0.1) is 23.1 Å². The number of carbonyl (C=O) groups is 3. The number of nitrogens with zero attached hydrogens (tertiary/aromatic N) is 3. The lowest BCUT2D eigenvalue weighted by molar-refractivity contribution is -0.150. The average molecular weight is 423 g/mol. The lowest BCUT2D eigenvalue weighted by Gasteiger charge is -2.49. The van der Waals surface area contributed by atoms with Crippen LogP contribution in [-0.4, -0.2) is 62.3 Å². The number of hydrogen-bond donors (Lipinski definition) is 3. The molecule has 1 fully saturated rings. The number of aromatic nitrogens is 1. The fraction of sp³-hybridized carbons (Fsp3) is 0.312. The number of amides is 2. The van der Waals surface area contributed by atoms with Crippen LogP contribution in [0.1, 0.15) is 12.6 Å². The molecule has 3 rings (SSSR count). The van der Waals surface area contributed by atoms with Gasteiger partial charge in [-0.3, -0.25) is 14.5 Å². The van der Waals surface area contributed by atoms with Gasteiger partial charge in [-0.05, 0) is 12.5 Å². The first-order chi connectivity index (χ1) is 13.4. The maximum Gasteiger partial charge on any atom is 0.352 e. The van der Waals surface area contributed by atoms with Gasteiger partial charge >= 0.3 is 5.97 Å². The van der Waals surface area contributed by atoms with E-state index >= 15 is 0 Å². The smallest absolute Gasteiger partial charge is 0.352 e. The van der Waals surface area contributed by atoms with E-state index in [0.29, 0.717) is 11.3 Å². The predicted molar refractivity (Wildman–Crippen MR) is 105 cm³/mol. The molecular formula is C16H17N5O5S2. The summed E-state index contributed by atoms with van der Waals surface area (Å²) in [6.45, 7) is 5.54. The molecule has 2 amide bonds. The molecule has 2 atom stereocenters. The van der Waals surface area contributed by atoms with Crippen LogP contribution in [0.2, 0.25) is 0 Å². The van der Waals surface area contributed by atoms with Crippen molar-refractivity contribution in [2.75, 3.05) is 18.1 Å². The van der Waals surface area contributed by atoms with Crippen LogP contribution in [0.5, 0.6) is 0 Å². The second-order valence-electron chi connectivity index (χ2n) is 5.67. The second kappa shape index (κ2) is 8.02. The number of rotatable bonds is 7. The normalized spacial score (nSPS) is 21.7. The number of nitrogens with one attached hydrogen (secondary N) is 1. The van der Waals surface area contributed by atoms with Gasteiger partial charge in [0.1, 0.15) is 29.4 Å². The summed E-state index contributed by atoms with van der Waals surface area (Å²) in [7, 11) is 0. The van der Waals surface area contributed by atoms with Crippen LogP contribution in [0.25, 0.3) is 0 Å². The van der Waals surface area contributed by atoms with Crippen LogP contribution in [0.4, 0.5) is 5.13 Å². The van der Waals surface area contributed by atoms with Crippen LogP contribution in [0.3, 0.4) is 0 Å². The van der Waals surface area contributed by atoms with Crippen LogP contribution in [0, 0.1) is 0 Å². The molecule has 1 aromatic rings. The highest BCUT2D eigenvalue weighted by Gasteiger charge is 2.54. The van der Waals surface area contributed by atoms with Gasteiger partial charge < -0.3 is 21.0 Å². The fourth-order valence-electron chi connectivity index (χ4n) is 2.74. The molecule has 0 spiro atoms. The number of allylic oxidation sites excluding steroid dienone is 1. The molecule has 10 nitrogen and oxygen atoms in total. The Kier molecular flexibility index (Phi) is 5.70. The minimum absolute atomic E-state index is 0.107. The maximum absolute atomic E-state index is 12.7. The van der Waals surface area contributed by atoms with Gasteiger partial charge in [0.15, 0.2) is 10.8 Å². The minimum atomic E-state index is -1.21. The van der Waals surface area contributed by atoms with Crippen LogP contribution in [0.15, 0.2) is 34.5 Å². The number of fused-ring (bicyclic) bond motifs is 1. The van der Waals surface area contributed by atoms with Crippen molar-refractivity contribution in [1.82, 2.24) is 15.2 Å².